The average molecular weight is 443 g/mol. The molecule has 33 heavy (non-hydrogen) atoms. The molecule has 0 radical (unpaired) electrons. The van der Waals surface area contributed by atoms with Gasteiger partial charge in [-0.3, -0.25) is 4.79 Å². The van der Waals surface area contributed by atoms with Crippen LogP contribution in [0.15, 0.2) is 66.7 Å². The molecule has 0 fully saturated rings. The zero-order valence-electron chi connectivity index (χ0n) is 19.6. The topological polar surface area (TPSA) is 61.4 Å². The number of rotatable bonds is 8. The molecule has 0 spiro atoms. The van der Waals surface area contributed by atoms with Gasteiger partial charge in [0.15, 0.2) is 0 Å². The second-order valence-corrected chi connectivity index (χ2v) is 9.16. The third-order valence-corrected chi connectivity index (χ3v) is 6.65. The van der Waals surface area contributed by atoms with E-state index in [1.54, 1.807) is 0 Å². The van der Waals surface area contributed by atoms with Gasteiger partial charge in [-0.1, -0.05) is 60.2 Å². The molecule has 0 saturated carbocycles. The number of benzene rings is 3. The molecular weight excluding hydrogens is 408 g/mol. The van der Waals surface area contributed by atoms with Crippen LogP contribution in [0.5, 0.6) is 0 Å². The van der Waals surface area contributed by atoms with Crippen LogP contribution in [0.3, 0.4) is 0 Å². The maximum atomic E-state index is 12.5. The van der Waals surface area contributed by atoms with Crippen molar-refractivity contribution in [2.45, 2.75) is 57.7 Å². The Bertz CT molecular complexity index is 1090. The molecule has 3 N–H and O–H groups in total. The molecule has 2 atom stereocenters. The Kier molecular flexibility index (Phi) is 7.58. The van der Waals surface area contributed by atoms with Crippen LogP contribution < -0.4 is 10.6 Å². The highest BCUT2D eigenvalue weighted by Crippen LogP contribution is 2.24. The SMILES string of the molecule is CN[C@H]1CCc2ccc(CCCC(O)NC(=O)c3ccc(-c4cccc(C)c4)cc3)cc2C1. The van der Waals surface area contributed by atoms with Crippen LogP contribution in [0, 0.1) is 6.92 Å². The largest absolute Gasteiger partial charge is 0.374 e. The second kappa shape index (κ2) is 10.8. The highest BCUT2D eigenvalue weighted by molar-refractivity contribution is 5.94. The average Bonchev–Trinajstić information content (AvgIpc) is 2.83. The standard InChI is InChI=1S/C29H34N2O2/c1-20-5-3-7-25(17-20)22-11-13-24(14-12-22)29(33)31-28(32)8-4-6-21-9-10-23-15-16-27(30-2)19-26(23)18-21/h3,5,7,9-14,17-18,27-28,30,32H,4,6,8,15-16,19H2,1-2H3,(H,31,33)/t27-,28?/m0/s1. The van der Waals surface area contributed by atoms with E-state index in [0.29, 0.717) is 18.0 Å². The maximum absolute atomic E-state index is 12.5. The molecular formula is C29H34N2O2. The van der Waals surface area contributed by atoms with E-state index in [-0.39, 0.29) is 5.91 Å². The zero-order chi connectivity index (χ0) is 23.2. The number of likely N-dealkylation sites (N-methyl/N-ethyl adjacent to an activating group) is 1. The van der Waals surface area contributed by atoms with Gasteiger partial charge < -0.3 is 15.7 Å². The summed E-state index contributed by atoms with van der Waals surface area (Å²) in [4.78, 5) is 12.5. The third kappa shape index (κ3) is 6.10. The van der Waals surface area contributed by atoms with Crippen LogP contribution in [0.25, 0.3) is 11.1 Å². The fourth-order valence-electron chi connectivity index (χ4n) is 4.66. The van der Waals surface area contributed by atoms with Gasteiger partial charge in [-0.15, -0.1) is 0 Å². The first-order chi connectivity index (χ1) is 16.0. The van der Waals surface area contributed by atoms with Gasteiger partial charge in [-0.2, -0.15) is 0 Å². The van der Waals surface area contributed by atoms with Crippen LogP contribution >= 0.6 is 0 Å². The minimum Gasteiger partial charge on any atom is -0.374 e. The monoisotopic (exact) mass is 442 g/mol. The first-order valence-corrected chi connectivity index (χ1v) is 12.0. The number of aliphatic hydroxyl groups excluding tert-OH is 1. The van der Waals surface area contributed by atoms with Crippen molar-refractivity contribution in [2.24, 2.45) is 0 Å². The fraction of sp³-hybridized carbons (Fsp3) is 0.345. The Morgan fingerprint density at radius 1 is 1.03 bits per heavy atom. The van der Waals surface area contributed by atoms with E-state index < -0.39 is 6.23 Å². The number of carbonyl (C=O) groups is 1. The highest BCUT2D eigenvalue weighted by Gasteiger charge is 2.17. The Morgan fingerprint density at radius 2 is 1.85 bits per heavy atom. The van der Waals surface area contributed by atoms with Crippen molar-refractivity contribution in [3.05, 3.63) is 94.5 Å². The van der Waals surface area contributed by atoms with Gasteiger partial charge in [0, 0.05) is 11.6 Å². The Hall–Kier alpha value is -2.95. The van der Waals surface area contributed by atoms with Crippen LogP contribution in [0.2, 0.25) is 0 Å². The summed E-state index contributed by atoms with van der Waals surface area (Å²) in [5.41, 5.74) is 8.17. The molecule has 1 unspecified atom stereocenters. The smallest absolute Gasteiger partial charge is 0.253 e. The van der Waals surface area contributed by atoms with Gasteiger partial charge in [-0.05, 0) is 92.4 Å². The number of amides is 1. The molecule has 0 heterocycles. The lowest BCUT2D eigenvalue weighted by molar-refractivity contribution is 0.0760. The molecule has 1 aliphatic carbocycles. The van der Waals surface area contributed by atoms with Crippen LogP contribution in [0.4, 0.5) is 0 Å². The lowest BCUT2D eigenvalue weighted by atomic mass is 9.86. The van der Waals surface area contributed by atoms with E-state index in [4.69, 9.17) is 0 Å². The predicted octanol–water partition coefficient (Wildman–Crippen LogP) is 4.81. The Morgan fingerprint density at radius 3 is 2.61 bits per heavy atom. The van der Waals surface area contributed by atoms with E-state index in [0.717, 1.165) is 36.8 Å². The molecule has 0 aliphatic heterocycles. The van der Waals surface area contributed by atoms with E-state index in [2.05, 4.69) is 54.0 Å². The molecule has 1 amide bonds. The minimum absolute atomic E-state index is 0.245. The van der Waals surface area contributed by atoms with Crippen molar-refractivity contribution in [2.75, 3.05) is 7.05 Å². The molecule has 0 aromatic heterocycles. The minimum atomic E-state index is -0.847. The normalized spacial score (nSPS) is 16.2. The van der Waals surface area contributed by atoms with Crippen LogP contribution in [0.1, 0.15) is 51.9 Å². The Labute approximate surface area is 197 Å². The number of nitrogens with one attached hydrogen (secondary N) is 2. The van der Waals surface area contributed by atoms with Crippen LogP contribution in [-0.2, 0) is 19.3 Å². The first-order valence-electron chi connectivity index (χ1n) is 12.0. The predicted molar refractivity (Wildman–Crippen MR) is 134 cm³/mol. The van der Waals surface area contributed by atoms with Crippen molar-refractivity contribution in [1.29, 1.82) is 0 Å². The third-order valence-electron chi connectivity index (χ3n) is 6.65. The summed E-state index contributed by atoms with van der Waals surface area (Å²) >= 11 is 0. The molecule has 4 nitrogen and oxygen atoms in total. The summed E-state index contributed by atoms with van der Waals surface area (Å²) in [6.45, 7) is 2.07. The van der Waals surface area contributed by atoms with Gasteiger partial charge in [0.25, 0.3) is 5.91 Å². The van der Waals surface area contributed by atoms with E-state index in [9.17, 15) is 9.90 Å². The summed E-state index contributed by atoms with van der Waals surface area (Å²) in [7, 11) is 2.04. The Balaban J connectivity index is 1.26. The van der Waals surface area contributed by atoms with Crippen molar-refractivity contribution >= 4 is 5.91 Å². The molecule has 172 valence electrons. The summed E-state index contributed by atoms with van der Waals surface area (Å²) < 4.78 is 0. The number of carbonyl (C=O) groups excluding carboxylic acids is 1. The molecule has 4 rings (SSSR count). The van der Waals surface area contributed by atoms with Gasteiger partial charge in [0.2, 0.25) is 0 Å². The highest BCUT2D eigenvalue weighted by atomic mass is 16.3. The maximum Gasteiger partial charge on any atom is 0.253 e. The molecule has 1 aliphatic rings. The molecule has 4 heteroatoms. The second-order valence-electron chi connectivity index (χ2n) is 9.16. The van der Waals surface area contributed by atoms with Gasteiger partial charge in [0.05, 0.1) is 0 Å². The number of hydrogen-bond donors (Lipinski definition) is 3. The fourth-order valence-corrected chi connectivity index (χ4v) is 4.66. The van der Waals surface area contributed by atoms with E-state index in [1.165, 1.54) is 28.7 Å². The van der Waals surface area contributed by atoms with Gasteiger partial charge in [-0.25, -0.2) is 0 Å². The molecule has 0 bridgehead atoms. The van der Waals surface area contributed by atoms with Crippen molar-refractivity contribution in [3.63, 3.8) is 0 Å². The van der Waals surface area contributed by atoms with Gasteiger partial charge >= 0.3 is 0 Å². The van der Waals surface area contributed by atoms with Crippen molar-refractivity contribution < 1.29 is 9.90 Å². The molecule has 3 aromatic carbocycles. The summed E-state index contributed by atoms with van der Waals surface area (Å²) in [6, 6.07) is 23.2. The summed E-state index contributed by atoms with van der Waals surface area (Å²) in [6.07, 6.45) is 4.82. The zero-order valence-corrected chi connectivity index (χ0v) is 19.6. The quantitative estimate of drug-likeness (QED) is 0.439. The number of aryl methyl sites for hydroxylation is 3. The number of aliphatic hydroxyl groups is 1. The summed E-state index contributed by atoms with van der Waals surface area (Å²) in [5.74, 6) is -0.245. The lowest BCUT2D eigenvalue weighted by Crippen LogP contribution is -2.34. The van der Waals surface area contributed by atoms with E-state index >= 15 is 0 Å². The first kappa shape index (κ1) is 23.2. The van der Waals surface area contributed by atoms with Crippen molar-refractivity contribution in [1.82, 2.24) is 10.6 Å². The lowest BCUT2D eigenvalue weighted by Gasteiger charge is -2.24. The molecule has 3 aromatic rings. The molecule has 0 saturated heterocycles. The summed E-state index contributed by atoms with van der Waals surface area (Å²) in [5, 5.41) is 16.5. The van der Waals surface area contributed by atoms with Crippen molar-refractivity contribution in [3.8, 4) is 11.1 Å². The van der Waals surface area contributed by atoms with Crippen LogP contribution in [-0.4, -0.2) is 30.3 Å². The van der Waals surface area contributed by atoms with Gasteiger partial charge in [0.1, 0.15) is 6.23 Å². The number of hydrogen-bond acceptors (Lipinski definition) is 3. The number of fused-ring (bicyclic) bond motifs is 1. The van der Waals surface area contributed by atoms with E-state index in [1.807, 2.05) is 37.4 Å².